The van der Waals surface area contributed by atoms with E-state index in [9.17, 15) is 9.59 Å². The van der Waals surface area contributed by atoms with E-state index in [1.165, 1.54) is 0 Å². The maximum absolute atomic E-state index is 12.7. The van der Waals surface area contributed by atoms with Gasteiger partial charge in [0.25, 0.3) is 11.8 Å². The third-order valence-corrected chi connectivity index (χ3v) is 6.21. The molecular formula is C26H34N2O3. The van der Waals surface area contributed by atoms with Crippen molar-refractivity contribution in [1.29, 1.82) is 0 Å². The zero-order chi connectivity index (χ0) is 22.4. The van der Waals surface area contributed by atoms with Crippen LogP contribution in [0.1, 0.15) is 68.8 Å². The molecule has 1 N–H and O–H groups in total. The lowest BCUT2D eigenvalue weighted by atomic mass is 9.98. The monoisotopic (exact) mass is 422 g/mol. The number of amides is 2. The number of benzene rings is 2. The lowest BCUT2D eigenvalue weighted by molar-refractivity contribution is -0.122. The van der Waals surface area contributed by atoms with Crippen LogP contribution in [0.15, 0.2) is 48.5 Å². The van der Waals surface area contributed by atoms with Gasteiger partial charge in [-0.1, -0.05) is 39.0 Å². The van der Waals surface area contributed by atoms with E-state index in [0.717, 1.165) is 43.7 Å². The van der Waals surface area contributed by atoms with Crippen molar-refractivity contribution in [2.24, 2.45) is 5.92 Å². The maximum atomic E-state index is 12.7. The number of nitrogens with one attached hydrogen (secondary N) is 1. The van der Waals surface area contributed by atoms with Crippen molar-refractivity contribution in [2.45, 2.75) is 59.0 Å². The first-order chi connectivity index (χ1) is 14.9. The number of nitrogens with zero attached hydrogens (tertiary/aromatic N) is 1. The lowest BCUT2D eigenvalue weighted by Crippen LogP contribution is -2.37. The number of ether oxygens (including phenoxy) is 1. The number of carbonyl (C=O) groups is 2. The molecule has 1 saturated heterocycles. The third-order valence-electron chi connectivity index (χ3n) is 6.21. The first-order valence-electron chi connectivity index (χ1n) is 11.3. The van der Waals surface area contributed by atoms with Gasteiger partial charge in [0.1, 0.15) is 5.75 Å². The van der Waals surface area contributed by atoms with Gasteiger partial charge < -0.3 is 15.0 Å². The predicted octanol–water partition coefficient (Wildman–Crippen LogP) is 5.48. The molecule has 0 aromatic heterocycles. The van der Waals surface area contributed by atoms with Gasteiger partial charge in [0.15, 0.2) is 6.10 Å². The number of hydrogen-bond donors (Lipinski definition) is 1. The Bertz CT molecular complexity index is 886. The minimum atomic E-state index is -0.637. The van der Waals surface area contributed by atoms with Gasteiger partial charge in [0, 0.05) is 24.3 Å². The van der Waals surface area contributed by atoms with Crippen molar-refractivity contribution in [3.05, 3.63) is 59.7 Å². The van der Waals surface area contributed by atoms with Crippen LogP contribution in [0.25, 0.3) is 0 Å². The van der Waals surface area contributed by atoms with Gasteiger partial charge in [-0.05, 0) is 73.9 Å². The molecule has 166 valence electrons. The summed E-state index contributed by atoms with van der Waals surface area (Å²) in [5.41, 5.74) is 2.42. The summed E-state index contributed by atoms with van der Waals surface area (Å²) in [6, 6.07) is 15.0. The van der Waals surface area contributed by atoms with E-state index in [1.54, 1.807) is 31.2 Å². The van der Waals surface area contributed by atoms with Gasteiger partial charge in [0.2, 0.25) is 0 Å². The molecule has 0 bridgehead atoms. The lowest BCUT2D eigenvalue weighted by Gasteiger charge is -2.30. The van der Waals surface area contributed by atoms with Crippen LogP contribution >= 0.6 is 0 Å². The summed E-state index contributed by atoms with van der Waals surface area (Å²) in [6.45, 7) is 9.89. The van der Waals surface area contributed by atoms with Crippen molar-refractivity contribution in [3.63, 3.8) is 0 Å². The van der Waals surface area contributed by atoms with Gasteiger partial charge in [-0.2, -0.15) is 0 Å². The van der Waals surface area contributed by atoms with Crippen molar-refractivity contribution in [1.82, 2.24) is 4.90 Å². The molecule has 5 nitrogen and oxygen atoms in total. The average Bonchev–Trinajstić information content (AvgIpc) is 2.79. The van der Waals surface area contributed by atoms with Crippen LogP contribution in [-0.4, -0.2) is 35.9 Å². The fraction of sp³-hybridized carbons (Fsp3) is 0.462. The highest BCUT2D eigenvalue weighted by atomic mass is 16.5. The molecule has 2 unspecified atom stereocenters. The molecule has 0 spiro atoms. The molecule has 1 aliphatic heterocycles. The van der Waals surface area contributed by atoms with Gasteiger partial charge in [-0.3, -0.25) is 9.59 Å². The largest absolute Gasteiger partial charge is 0.481 e. The van der Waals surface area contributed by atoms with Crippen LogP contribution in [0.4, 0.5) is 5.69 Å². The summed E-state index contributed by atoms with van der Waals surface area (Å²) in [6.07, 6.45) is 2.47. The Morgan fingerprint density at radius 3 is 2.35 bits per heavy atom. The van der Waals surface area contributed by atoms with Crippen molar-refractivity contribution >= 4 is 17.5 Å². The molecule has 0 saturated carbocycles. The zero-order valence-electron chi connectivity index (χ0n) is 19.1. The summed E-state index contributed by atoms with van der Waals surface area (Å²) in [5.74, 6) is 1.63. The molecule has 1 fully saturated rings. The maximum Gasteiger partial charge on any atom is 0.265 e. The molecule has 0 aliphatic carbocycles. The normalized spacial score (nSPS) is 16.5. The summed E-state index contributed by atoms with van der Waals surface area (Å²) in [7, 11) is 0. The number of hydrogen-bond acceptors (Lipinski definition) is 3. The Labute approximate surface area is 185 Å². The average molecular weight is 423 g/mol. The summed E-state index contributed by atoms with van der Waals surface area (Å²) in [5, 5.41) is 2.89. The van der Waals surface area contributed by atoms with Crippen LogP contribution in [0, 0.1) is 5.92 Å². The topological polar surface area (TPSA) is 58.6 Å². The first-order valence-corrected chi connectivity index (χ1v) is 11.3. The van der Waals surface area contributed by atoms with Crippen LogP contribution in [0.3, 0.4) is 0 Å². The van der Waals surface area contributed by atoms with E-state index < -0.39 is 6.10 Å². The SMILES string of the molecule is CCC(C)c1ccccc1OC(C)C(=O)Nc1ccc(C(=O)N2CCC(C)CC2)cc1. The number of carbonyl (C=O) groups excluding carboxylic acids is 2. The number of rotatable bonds is 7. The molecule has 2 amide bonds. The Morgan fingerprint density at radius 1 is 1.06 bits per heavy atom. The van der Waals surface area contributed by atoms with Crippen LogP contribution in [0.5, 0.6) is 5.75 Å². The highest BCUT2D eigenvalue weighted by Crippen LogP contribution is 2.29. The van der Waals surface area contributed by atoms with Crippen LogP contribution < -0.4 is 10.1 Å². The Hall–Kier alpha value is -2.82. The molecule has 31 heavy (non-hydrogen) atoms. The Balaban J connectivity index is 1.59. The molecule has 2 aromatic rings. The first kappa shape index (κ1) is 22.9. The van der Waals surface area contributed by atoms with E-state index in [0.29, 0.717) is 23.1 Å². The second-order valence-corrected chi connectivity index (χ2v) is 8.65. The second kappa shape index (κ2) is 10.5. The number of piperidine rings is 1. The van der Waals surface area contributed by atoms with Crippen molar-refractivity contribution < 1.29 is 14.3 Å². The number of para-hydroxylation sites is 1. The van der Waals surface area contributed by atoms with E-state index in [2.05, 4.69) is 26.1 Å². The molecule has 5 heteroatoms. The van der Waals surface area contributed by atoms with Crippen molar-refractivity contribution in [3.8, 4) is 5.75 Å². The summed E-state index contributed by atoms with van der Waals surface area (Å²) >= 11 is 0. The highest BCUT2D eigenvalue weighted by Gasteiger charge is 2.22. The second-order valence-electron chi connectivity index (χ2n) is 8.65. The van der Waals surface area contributed by atoms with E-state index in [-0.39, 0.29) is 11.8 Å². The zero-order valence-corrected chi connectivity index (χ0v) is 19.1. The molecule has 1 heterocycles. The van der Waals surface area contributed by atoms with Crippen LogP contribution in [0.2, 0.25) is 0 Å². The van der Waals surface area contributed by atoms with Crippen molar-refractivity contribution in [2.75, 3.05) is 18.4 Å². The third kappa shape index (κ3) is 5.87. The number of anilines is 1. The van der Waals surface area contributed by atoms with E-state index in [1.807, 2.05) is 29.2 Å². The fourth-order valence-electron chi connectivity index (χ4n) is 3.79. The molecule has 2 aromatic carbocycles. The molecular weight excluding hydrogens is 388 g/mol. The van der Waals surface area contributed by atoms with Gasteiger partial charge >= 0.3 is 0 Å². The summed E-state index contributed by atoms with van der Waals surface area (Å²) in [4.78, 5) is 27.2. The minimum Gasteiger partial charge on any atom is -0.481 e. The highest BCUT2D eigenvalue weighted by molar-refractivity contribution is 5.97. The molecule has 0 radical (unpaired) electrons. The number of likely N-dealkylation sites (tertiary alicyclic amines) is 1. The van der Waals surface area contributed by atoms with Gasteiger partial charge in [-0.25, -0.2) is 0 Å². The Kier molecular flexibility index (Phi) is 7.72. The molecule has 1 aliphatic rings. The fourth-order valence-corrected chi connectivity index (χ4v) is 3.79. The quantitative estimate of drug-likeness (QED) is 0.643. The summed E-state index contributed by atoms with van der Waals surface area (Å²) < 4.78 is 5.98. The van der Waals surface area contributed by atoms with Crippen LogP contribution in [-0.2, 0) is 4.79 Å². The van der Waals surface area contributed by atoms with Gasteiger partial charge in [-0.15, -0.1) is 0 Å². The minimum absolute atomic E-state index is 0.0585. The predicted molar refractivity (Wildman–Crippen MR) is 125 cm³/mol. The molecule has 2 atom stereocenters. The van der Waals surface area contributed by atoms with E-state index >= 15 is 0 Å². The van der Waals surface area contributed by atoms with Gasteiger partial charge in [0.05, 0.1) is 0 Å². The smallest absolute Gasteiger partial charge is 0.265 e. The molecule has 3 rings (SSSR count). The standard InChI is InChI=1S/C26H34N2O3/c1-5-19(3)23-8-6-7-9-24(23)31-20(4)25(29)27-22-12-10-21(11-13-22)26(30)28-16-14-18(2)15-17-28/h6-13,18-20H,5,14-17H2,1-4H3,(H,27,29). The van der Waals surface area contributed by atoms with E-state index in [4.69, 9.17) is 4.74 Å². The Morgan fingerprint density at radius 2 is 1.71 bits per heavy atom.